The minimum absolute atomic E-state index is 0.0643. The summed E-state index contributed by atoms with van der Waals surface area (Å²) >= 11 is 0. The lowest BCUT2D eigenvalue weighted by Crippen LogP contribution is -2.32. The Morgan fingerprint density at radius 2 is 2.00 bits per heavy atom. The predicted octanol–water partition coefficient (Wildman–Crippen LogP) is 1.62. The van der Waals surface area contributed by atoms with E-state index < -0.39 is 10.0 Å². The van der Waals surface area contributed by atoms with Gasteiger partial charge in [0.25, 0.3) is 0 Å². The molecule has 0 fully saturated rings. The lowest BCUT2D eigenvalue weighted by Gasteiger charge is -2.18. The van der Waals surface area contributed by atoms with Gasteiger partial charge in [0.05, 0.1) is 11.0 Å². The van der Waals surface area contributed by atoms with E-state index in [-0.39, 0.29) is 6.10 Å². The number of nitrogens with zero attached hydrogens (tertiary/aromatic N) is 1. The smallest absolute Gasteiger partial charge is 0.242 e. The third-order valence-electron chi connectivity index (χ3n) is 2.89. The third kappa shape index (κ3) is 4.19. The molecule has 1 N–H and O–H groups in total. The van der Waals surface area contributed by atoms with E-state index in [0.717, 1.165) is 11.3 Å². The van der Waals surface area contributed by atoms with Gasteiger partial charge in [-0.15, -0.1) is 0 Å². The largest absolute Gasteiger partial charge is 0.491 e. The van der Waals surface area contributed by atoms with Gasteiger partial charge in [-0.25, -0.2) is 8.42 Å². The molecule has 0 bridgehead atoms. The molecule has 0 unspecified atom stereocenters. The lowest BCUT2D eigenvalue weighted by atomic mass is 10.2. The standard InChI is InChI=1S/C14H24N2O3S/c1-11(2)19-14-7-6-13(10-12(14)3)20(17,18)16(5)9-8-15-4/h6-7,10-11,15H,8-9H2,1-5H3. The van der Waals surface area contributed by atoms with Crippen LogP contribution in [0.4, 0.5) is 0 Å². The molecule has 0 aliphatic carbocycles. The molecular weight excluding hydrogens is 276 g/mol. The minimum Gasteiger partial charge on any atom is -0.491 e. The van der Waals surface area contributed by atoms with Crippen LogP contribution in [0.5, 0.6) is 5.75 Å². The van der Waals surface area contributed by atoms with E-state index in [9.17, 15) is 8.42 Å². The first-order valence-corrected chi connectivity index (χ1v) is 8.11. The van der Waals surface area contributed by atoms with Crippen molar-refractivity contribution < 1.29 is 13.2 Å². The van der Waals surface area contributed by atoms with Gasteiger partial charge >= 0.3 is 0 Å². The van der Waals surface area contributed by atoms with Crippen LogP contribution < -0.4 is 10.1 Å². The van der Waals surface area contributed by atoms with Gasteiger partial charge in [0.15, 0.2) is 0 Å². The SMILES string of the molecule is CNCCN(C)S(=O)(=O)c1ccc(OC(C)C)c(C)c1. The van der Waals surface area contributed by atoms with Crippen LogP contribution in [0.15, 0.2) is 23.1 Å². The van der Waals surface area contributed by atoms with E-state index in [4.69, 9.17) is 4.74 Å². The molecule has 0 radical (unpaired) electrons. The molecule has 114 valence electrons. The molecular formula is C14H24N2O3S. The van der Waals surface area contributed by atoms with Gasteiger partial charge in [-0.2, -0.15) is 4.31 Å². The molecule has 6 heteroatoms. The van der Waals surface area contributed by atoms with Crippen LogP contribution in [0.2, 0.25) is 0 Å². The maximum Gasteiger partial charge on any atom is 0.242 e. The highest BCUT2D eigenvalue weighted by molar-refractivity contribution is 7.89. The number of aryl methyl sites for hydroxylation is 1. The normalized spacial score (nSPS) is 12.2. The maximum atomic E-state index is 12.4. The summed E-state index contributed by atoms with van der Waals surface area (Å²) in [5.74, 6) is 0.719. The zero-order valence-electron chi connectivity index (χ0n) is 12.8. The van der Waals surface area contributed by atoms with Gasteiger partial charge in [-0.3, -0.25) is 0 Å². The summed E-state index contributed by atoms with van der Waals surface area (Å²) in [5, 5.41) is 2.94. The quantitative estimate of drug-likeness (QED) is 0.831. The fourth-order valence-corrected chi connectivity index (χ4v) is 3.00. The number of benzene rings is 1. The van der Waals surface area contributed by atoms with Crippen molar-refractivity contribution >= 4 is 10.0 Å². The van der Waals surface area contributed by atoms with Gasteiger partial charge in [-0.1, -0.05) is 0 Å². The Balaban J connectivity index is 2.99. The molecule has 0 saturated heterocycles. The van der Waals surface area contributed by atoms with Gasteiger partial charge < -0.3 is 10.1 Å². The molecule has 20 heavy (non-hydrogen) atoms. The lowest BCUT2D eigenvalue weighted by molar-refractivity contribution is 0.240. The molecule has 1 aromatic rings. The molecule has 0 aromatic heterocycles. The molecule has 1 rings (SSSR count). The average Bonchev–Trinajstić information content (AvgIpc) is 2.37. The van der Waals surface area contributed by atoms with Crippen molar-refractivity contribution in [1.29, 1.82) is 0 Å². The average molecular weight is 300 g/mol. The number of likely N-dealkylation sites (N-methyl/N-ethyl adjacent to an activating group) is 2. The second-order valence-corrected chi connectivity index (χ2v) is 7.07. The Morgan fingerprint density at radius 1 is 1.35 bits per heavy atom. The molecule has 0 spiro atoms. The zero-order valence-corrected chi connectivity index (χ0v) is 13.6. The molecule has 1 aromatic carbocycles. The summed E-state index contributed by atoms with van der Waals surface area (Å²) in [4.78, 5) is 0.296. The van der Waals surface area contributed by atoms with Crippen LogP contribution >= 0.6 is 0 Å². The summed E-state index contributed by atoms with van der Waals surface area (Å²) in [7, 11) is -0.0630. The highest BCUT2D eigenvalue weighted by Crippen LogP contribution is 2.24. The Labute approximate surface area is 122 Å². The molecule has 0 saturated carbocycles. The van der Waals surface area contributed by atoms with E-state index in [1.165, 1.54) is 4.31 Å². The molecule has 0 amide bonds. The Morgan fingerprint density at radius 3 is 2.50 bits per heavy atom. The van der Waals surface area contributed by atoms with Gasteiger partial charge in [0, 0.05) is 20.1 Å². The molecule has 0 atom stereocenters. The van der Waals surface area contributed by atoms with E-state index in [0.29, 0.717) is 18.0 Å². The van der Waals surface area contributed by atoms with Crippen LogP contribution in [0, 0.1) is 6.92 Å². The highest BCUT2D eigenvalue weighted by Gasteiger charge is 2.21. The van der Waals surface area contributed by atoms with Gasteiger partial charge in [-0.05, 0) is 51.6 Å². The predicted molar refractivity (Wildman–Crippen MR) is 80.7 cm³/mol. The number of rotatable bonds is 7. The first-order chi connectivity index (χ1) is 9.28. The highest BCUT2D eigenvalue weighted by atomic mass is 32.2. The monoisotopic (exact) mass is 300 g/mol. The fraction of sp³-hybridized carbons (Fsp3) is 0.571. The summed E-state index contributed by atoms with van der Waals surface area (Å²) in [5.41, 5.74) is 0.821. The Kier molecular flexibility index (Phi) is 5.98. The van der Waals surface area contributed by atoms with Crippen molar-refractivity contribution in [3.05, 3.63) is 23.8 Å². The minimum atomic E-state index is -3.44. The van der Waals surface area contributed by atoms with Crippen LogP contribution in [-0.4, -0.2) is 46.0 Å². The Bertz CT molecular complexity index is 541. The van der Waals surface area contributed by atoms with E-state index in [1.807, 2.05) is 20.8 Å². The number of nitrogens with one attached hydrogen (secondary N) is 1. The van der Waals surface area contributed by atoms with Crippen molar-refractivity contribution in [2.24, 2.45) is 0 Å². The van der Waals surface area contributed by atoms with Crippen LogP contribution in [0.25, 0.3) is 0 Å². The van der Waals surface area contributed by atoms with Crippen molar-refractivity contribution in [3.8, 4) is 5.75 Å². The Hall–Kier alpha value is -1.11. The van der Waals surface area contributed by atoms with Crippen molar-refractivity contribution in [2.75, 3.05) is 27.2 Å². The summed E-state index contributed by atoms with van der Waals surface area (Å²) in [6.07, 6.45) is 0.0643. The number of ether oxygens (including phenoxy) is 1. The van der Waals surface area contributed by atoms with E-state index in [2.05, 4.69) is 5.32 Å². The number of hydrogen-bond donors (Lipinski definition) is 1. The van der Waals surface area contributed by atoms with Crippen molar-refractivity contribution in [3.63, 3.8) is 0 Å². The fourth-order valence-electron chi connectivity index (χ4n) is 1.74. The summed E-state index contributed by atoms with van der Waals surface area (Å²) in [6, 6.07) is 4.97. The van der Waals surface area contributed by atoms with Crippen LogP contribution in [-0.2, 0) is 10.0 Å². The second kappa shape index (κ2) is 7.06. The zero-order chi connectivity index (χ0) is 15.3. The molecule has 0 aliphatic rings. The van der Waals surface area contributed by atoms with E-state index >= 15 is 0 Å². The third-order valence-corrected chi connectivity index (χ3v) is 4.75. The van der Waals surface area contributed by atoms with Crippen molar-refractivity contribution in [1.82, 2.24) is 9.62 Å². The molecule has 5 nitrogen and oxygen atoms in total. The van der Waals surface area contributed by atoms with E-state index in [1.54, 1.807) is 32.3 Å². The van der Waals surface area contributed by atoms with Gasteiger partial charge in [0.2, 0.25) is 10.0 Å². The second-order valence-electron chi connectivity index (χ2n) is 5.02. The van der Waals surface area contributed by atoms with Crippen LogP contribution in [0.3, 0.4) is 0 Å². The van der Waals surface area contributed by atoms with Gasteiger partial charge in [0.1, 0.15) is 5.75 Å². The summed E-state index contributed by atoms with van der Waals surface area (Å²) < 4.78 is 31.7. The first kappa shape index (κ1) is 16.9. The van der Waals surface area contributed by atoms with Crippen LogP contribution in [0.1, 0.15) is 19.4 Å². The maximum absolute atomic E-state index is 12.4. The van der Waals surface area contributed by atoms with Crippen molar-refractivity contribution in [2.45, 2.75) is 31.8 Å². The molecule has 0 aliphatic heterocycles. The topological polar surface area (TPSA) is 58.6 Å². The number of sulfonamides is 1. The first-order valence-electron chi connectivity index (χ1n) is 6.67. The molecule has 0 heterocycles. The number of hydrogen-bond acceptors (Lipinski definition) is 4. The summed E-state index contributed by atoms with van der Waals surface area (Å²) in [6.45, 7) is 6.78.